The first-order valence-corrected chi connectivity index (χ1v) is 9.14. The van der Waals surface area contributed by atoms with E-state index in [-0.39, 0.29) is 10.6 Å². The maximum atomic E-state index is 12.7. The van der Waals surface area contributed by atoms with Crippen molar-refractivity contribution in [2.45, 2.75) is 25.7 Å². The summed E-state index contributed by atoms with van der Waals surface area (Å²) >= 11 is 6.14. The van der Waals surface area contributed by atoms with Crippen LogP contribution in [0.25, 0.3) is 10.9 Å². The van der Waals surface area contributed by atoms with Gasteiger partial charge in [-0.1, -0.05) is 17.7 Å². The lowest BCUT2D eigenvalue weighted by atomic mass is 10.1. The third kappa shape index (κ3) is 2.97. The summed E-state index contributed by atoms with van der Waals surface area (Å²) in [6.45, 7) is 5.56. The van der Waals surface area contributed by atoms with Crippen molar-refractivity contribution in [3.63, 3.8) is 0 Å². The summed E-state index contributed by atoms with van der Waals surface area (Å²) in [5.74, 6) is 0.160. The van der Waals surface area contributed by atoms with Gasteiger partial charge in [-0.25, -0.2) is 0 Å². The van der Waals surface area contributed by atoms with Crippen molar-refractivity contribution in [2.24, 2.45) is 0 Å². The molecule has 0 saturated carbocycles. The zero-order valence-electron chi connectivity index (χ0n) is 13.5. The molecule has 0 saturated heterocycles. The number of benzene rings is 2. The van der Waals surface area contributed by atoms with Crippen LogP contribution >= 0.6 is 11.6 Å². The van der Waals surface area contributed by atoms with Crippen LogP contribution in [0.3, 0.4) is 0 Å². The number of hydrogen-bond acceptors (Lipinski definition) is 4. The summed E-state index contributed by atoms with van der Waals surface area (Å²) in [7, 11) is -3.97. The number of fused-ring (bicyclic) bond motifs is 1. The predicted molar refractivity (Wildman–Crippen MR) is 95.2 cm³/mol. The fraction of sp³-hybridized carbons (Fsp3) is 0.167. The number of halogens is 1. The molecule has 1 heterocycles. The number of rotatable bonds is 3. The van der Waals surface area contributed by atoms with E-state index < -0.39 is 10.1 Å². The molecule has 0 aliphatic heterocycles. The molecule has 0 amide bonds. The lowest BCUT2D eigenvalue weighted by Crippen LogP contribution is -2.12. The van der Waals surface area contributed by atoms with Crippen LogP contribution < -0.4 is 4.18 Å². The average Bonchev–Trinajstić information content (AvgIpc) is 2.53. The number of aromatic nitrogens is 1. The fourth-order valence-electron chi connectivity index (χ4n) is 2.55. The molecule has 1 aromatic heterocycles. The molecule has 0 atom stereocenters. The van der Waals surface area contributed by atoms with E-state index in [0.29, 0.717) is 21.5 Å². The Morgan fingerprint density at radius 3 is 2.46 bits per heavy atom. The van der Waals surface area contributed by atoms with E-state index in [0.717, 1.165) is 11.1 Å². The highest BCUT2D eigenvalue weighted by Gasteiger charge is 2.22. The van der Waals surface area contributed by atoms with E-state index in [9.17, 15) is 8.42 Å². The summed E-state index contributed by atoms with van der Waals surface area (Å²) in [4.78, 5) is 4.36. The van der Waals surface area contributed by atoms with Crippen molar-refractivity contribution >= 4 is 32.6 Å². The SMILES string of the molecule is Cc1cc(C)c(S(=O)(=O)Oc2ccc(Cl)c3cccnc23)cc1C. The van der Waals surface area contributed by atoms with E-state index in [1.165, 1.54) is 6.07 Å². The van der Waals surface area contributed by atoms with Crippen molar-refractivity contribution in [1.29, 1.82) is 0 Å². The quantitative estimate of drug-likeness (QED) is 0.640. The number of pyridine rings is 1. The van der Waals surface area contributed by atoms with Gasteiger partial charge in [-0.05, 0) is 67.8 Å². The van der Waals surface area contributed by atoms with Gasteiger partial charge in [0.1, 0.15) is 10.4 Å². The van der Waals surface area contributed by atoms with Gasteiger partial charge in [0.15, 0.2) is 5.75 Å². The van der Waals surface area contributed by atoms with Crippen molar-refractivity contribution in [3.8, 4) is 5.75 Å². The molecule has 4 nitrogen and oxygen atoms in total. The molecular weight excluding hydrogens is 346 g/mol. The summed E-state index contributed by atoms with van der Waals surface area (Å²) in [6, 6.07) is 10.1. The second-order valence-corrected chi connectivity index (χ2v) is 7.61. The van der Waals surface area contributed by atoms with E-state index in [2.05, 4.69) is 4.98 Å². The molecule has 24 heavy (non-hydrogen) atoms. The van der Waals surface area contributed by atoms with Crippen LogP contribution in [0, 0.1) is 20.8 Å². The molecular formula is C18H16ClNO3S. The van der Waals surface area contributed by atoms with Gasteiger partial charge in [-0.2, -0.15) is 8.42 Å². The highest BCUT2D eigenvalue weighted by Crippen LogP contribution is 2.32. The minimum atomic E-state index is -3.97. The second-order valence-electron chi connectivity index (χ2n) is 5.68. The van der Waals surface area contributed by atoms with Gasteiger partial charge in [-0.3, -0.25) is 4.98 Å². The molecule has 0 bridgehead atoms. The van der Waals surface area contributed by atoms with E-state index in [4.69, 9.17) is 15.8 Å². The van der Waals surface area contributed by atoms with Gasteiger partial charge in [0.05, 0.1) is 5.02 Å². The normalized spacial score (nSPS) is 11.7. The molecule has 0 aliphatic rings. The second kappa shape index (κ2) is 6.07. The number of nitrogens with zero attached hydrogens (tertiary/aromatic N) is 1. The molecule has 0 radical (unpaired) electrons. The van der Waals surface area contributed by atoms with Gasteiger partial charge >= 0.3 is 10.1 Å². The van der Waals surface area contributed by atoms with Crippen molar-refractivity contribution in [2.75, 3.05) is 0 Å². The Balaban J connectivity index is 2.12. The smallest absolute Gasteiger partial charge is 0.339 e. The molecule has 0 N–H and O–H groups in total. The maximum Gasteiger partial charge on any atom is 0.339 e. The van der Waals surface area contributed by atoms with Crippen molar-refractivity contribution < 1.29 is 12.6 Å². The fourth-order valence-corrected chi connectivity index (χ4v) is 4.00. The first kappa shape index (κ1) is 16.7. The molecule has 0 fully saturated rings. The monoisotopic (exact) mass is 361 g/mol. The third-order valence-electron chi connectivity index (χ3n) is 3.94. The molecule has 6 heteroatoms. The minimum Gasteiger partial charge on any atom is -0.377 e. The van der Waals surface area contributed by atoms with E-state index in [1.54, 1.807) is 37.4 Å². The highest BCUT2D eigenvalue weighted by molar-refractivity contribution is 7.87. The lowest BCUT2D eigenvalue weighted by Gasteiger charge is -2.13. The molecule has 0 aliphatic carbocycles. The summed E-state index contributed by atoms with van der Waals surface area (Å²) in [6.07, 6.45) is 1.57. The van der Waals surface area contributed by atoms with Gasteiger partial charge in [-0.15, -0.1) is 0 Å². The van der Waals surface area contributed by atoms with Crippen LogP contribution in [0.15, 0.2) is 47.5 Å². The standard InChI is InChI=1S/C18H16ClNO3S/c1-11-9-13(3)17(10-12(11)2)24(21,22)23-16-7-6-15(19)14-5-4-8-20-18(14)16/h4-10H,1-3H3. The Hall–Kier alpha value is -2.11. The average molecular weight is 362 g/mol. The van der Waals surface area contributed by atoms with Gasteiger partial charge in [0, 0.05) is 11.6 Å². The third-order valence-corrected chi connectivity index (χ3v) is 5.65. The summed E-state index contributed by atoms with van der Waals surface area (Å²) in [5, 5.41) is 1.13. The van der Waals surface area contributed by atoms with Crippen LogP contribution in [0.5, 0.6) is 5.75 Å². The van der Waals surface area contributed by atoms with Crippen LogP contribution in [0.4, 0.5) is 0 Å². The Bertz CT molecular complexity index is 1050. The van der Waals surface area contributed by atoms with Crippen molar-refractivity contribution in [1.82, 2.24) is 4.98 Å². The van der Waals surface area contributed by atoms with Crippen LogP contribution in [0.1, 0.15) is 16.7 Å². The zero-order valence-corrected chi connectivity index (χ0v) is 15.1. The molecule has 3 rings (SSSR count). The summed E-state index contributed by atoms with van der Waals surface area (Å²) < 4.78 is 30.8. The van der Waals surface area contributed by atoms with E-state index >= 15 is 0 Å². The van der Waals surface area contributed by atoms with Gasteiger partial charge in [0.25, 0.3) is 0 Å². The van der Waals surface area contributed by atoms with E-state index in [1.807, 2.05) is 19.9 Å². The van der Waals surface area contributed by atoms with Crippen molar-refractivity contribution in [3.05, 3.63) is 64.3 Å². The summed E-state index contributed by atoms with van der Waals surface area (Å²) in [5.41, 5.74) is 2.98. The molecule has 124 valence electrons. The zero-order chi connectivity index (χ0) is 17.5. The lowest BCUT2D eigenvalue weighted by molar-refractivity contribution is 0.487. The maximum absolute atomic E-state index is 12.7. The number of hydrogen-bond donors (Lipinski definition) is 0. The van der Waals surface area contributed by atoms with Gasteiger partial charge in [0.2, 0.25) is 0 Å². The van der Waals surface area contributed by atoms with Crippen LogP contribution in [-0.4, -0.2) is 13.4 Å². The Morgan fingerprint density at radius 1 is 1.00 bits per heavy atom. The molecule has 2 aromatic carbocycles. The Kier molecular flexibility index (Phi) is 4.24. The number of aryl methyl sites for hydroxylation is 3. The molecule has 0 spiro atoms. The van der Waals surface area contributed by atoms with Crippen LogP contribution in [-0.2, 0) is 10.1 Å². The highest BCUT2D eigenvalue weighted by atomic mass is 35.5. The largest absolute Gasteiger partial charge is 0.377 e. The Labute approximate surface area is 146 Å². The minimum absolute atomic E-state index is 0.157. The van der Waals surface area contributed by atoms with Crippen LogP contribution in [0.2, 0.25) is 5.02 Å². The molecule has 3 aromatic rings. The topological polar surface area (TPSA) is 56.3 Å². The first-order valence-electron chi connectivity index (χ1n) is 7.35. The predicted octanol–water partition coefficient (Wildman–Crippen LogP) is 4.58. The molecule has 0 unspecified atom stereocenters. The van der Waals surface area contributed by atoms with Gasteiger partial charge < -0.3 is 4.18 Å². The Morgan fingerprint density at radius 2 is 1.71 bits per heavy atom. The first-order chi connectivity index (χ1) is 11.3.